The second-order valence-electron chi connectivity index (χ2n) is 9.63. The largest absolute Gasteiger partial charge is 0.355 e. The zero-order valence-electron chi connectivity index (χ0n) is 17.7. The van der Waals surface area contributed by atoms with Crippen molar-refractivity contribution in [2.75, 3.05) is 31.1 Å². The second kappa shape index (κ2) is 7.62. The van der Waals surface area contributed by atoms with Gasteiger partial charge in [-0.05, 0) is 62.6 Å². The quantitative estimate of drug-likeness (QED) is 0.743. The maximum atomic E-state index is 13.6. The van der Waals surface area contributed by atoms with E-state index >= 15 is 0 Å². The highest BCUT2D eigenvalue weighted by molar-refractivity contribution is 5.86. The molecule has 1 spiro atoms. The third-order valence-electron chi connectivity index (χ3n) is 7.61. The number of likely N-dealkylation sites (tertiary alicyclic amines) is 1. The van der Waals surface area contributed by atoms with Gasteiger partial charge in [0.1, 0.15) is 5.82 Å². The molecule has 1 aliphatic carbocycles. The van der Waals surface area contributed by atoms with Crippen LogP contribution in [0.2, 0.25) is 0 Å². The van der Waals surface area contributed by atoms with Gasteiger partial charge >= 0.3 is 0 Å². The number of benzene rings is 1. The van der Waals surface area contributed by atoms with Gasteiger partial charge < -0.3 is 9.80 Å². The Morgan fingerprint density at radius 1 is 1.07 bits per heavy atom. The molecule has 154 valence electrons. The normalized spacial score (nSPS) is 26.0. The predicted molar refractivity (Wildman–Crippen MR) is 118 cm³/mol. The third-order valence-corrected chi connectivity index (χ3v) is 7.61. The van der Waals surface area contributed by atoms with Crippen molar-refractivity contribution in [1.29, 1.82) is 0 Å². The maximum Gasteiger partial charge on any atom is 0.230 e. The Morgan fingerprint density at radius 2 is 1.90 bits per heavy atom. The number of carbonyl (C=O) groups is 1. The van der Waals surface area contributed by atoms with Crippen molar-refractivity contribution in [3.05, 3.63) is 35.9 Å². The lowest BCUT2D eigenvalue weighted by Gasteiger charge is -2.41. The number of piperidine rings is 1. The number of pyridine rings is 1. The minimum atomic E-state index is -0.186. The van der Waals surface area contributed by atoms with Gasteiger partial charge in [0.15, 0.2) is 0 Å². The topological polar surface area (TPSA) is 36.4 Å². The van der Waals surface area contributed by atoms with Crippen molar-refractivity contribution in [2.45, 2.75) is 58.3 Å². The molecular weight excluding hydrogens is 358 g/mol. The van der Waals surface area contributed by atoms with Crippen molar-refractivity contribution >= 4 is 22.6 Å². The average Bonchev–Trinajstić information content (AvgIpc) is 3.17. The smallest absolute Gasteiger partial charge is 0.230 e. The first-order valence-electron chi connectivity index (χ1n) is 11.6. The summed E-state index contributed by atoms with van der Waals surface area (Å²) in [5, 5.41) is 1.22. The Labute approximate surface area is 174 Å². The number of para-hydroxylation sites is 1. The van der Waals surface area contributed by atoms with Gasteiger partial charge in [-0.2, -0.15) is 0 Å². The number of rotatable bonds is 3. The van der Waals surface area contributed by atoms with Crippen LogP contribution in [0.25, 0.3) is 10.9 Å². The lowest BCUT2D eigenvalue weighted by molar-refractivity contribution is -0.145. The molecule has 2 saturated heterocycles. The van der Waals surface area contributed by atoms with E-state index in [0.717, 1.165) is 62.7 Å². The van der Waals surface area contributed by atoms with Crippen LogP contribution in [-0.4, -0.2) is 42.0 Å². The summed E-state index contributed by atoms with van der Waals surface area (Å²) in [6, 6.07) is 10.6. The highest BCUT2D eigenvalue weighted by Crippen LogP contribution is 2.42. The molecule has 2 aliphatic heterocycles. The van der Waals surface area contributed by atoms with Crippen molar-refractivity contribution in [3.63, 3.8) is 0 Å². The fourth-order valence-corrected chi connectivity index (χ4v) is 5.95. The molecule has 0 radical (unpaired) electrons. The zero-order valence-corrected chi connectivity index (χ0v) is 17.7. The molecule has 1 aromatic carbocycles. The molecule has 1 aromatic heterocycles. The van der Waals surface area contributed by atoms with E-state index < -0.39 is 0 Å². The van der Waals surface area contributed by atoms with Crippen LogP contribution in [0.1, 0.15) is 56.9 Å². The molecule has 29 heavy (non-hydrogen) atoms. The maximum absolute atomic E-state index is 13.6. The number of aryl methyl sites for hydroxylation is 1. The SMILES string of the molecule is Cc1cc(N2CC[C@@]3(CCCN(CC4CCCCC4)C3=O)C2)nc2ccccc12. The monoisotopic (exact) mass is 391 g/mol. The zero-order chi connectivity index (χ0) is 19.8. The number of hydrogen-bond donors (Lipinski definition) is 0. The molecular formula is C25H33N3O. The number of anilines is 1. The number of aromatic nitrogens is 1. The lowest BCUT2D eigenvalue weighted by atomic mass is 9.77. The summed E-state index contributed by atoms with van der Waals surface area (Å²) in [7, 11) is 0. The molecule has 3 fully saturated rings. The first kappa shape index (κ1) is 18.9. The van der Waals surface area contributed by atoms with Gasteiger partial charge in [0.05, 0.1) is 10.9 Å². The first-order chi connectivity index (χ1) is 14.1. The van der Waals surface area contributed by atoms with E-state index in [2.05, 4.69) is 47.1 Å². The molecule has 0 N–H and O–H groups in total. The number of hydrogen-bond acceptors (Lipinski definition) is 3. The molecule has 3 aliphatic rings. The van der Waals surface area contributed by atoms with Crippen LogP contribution in [0.4, 0.5) is 5.82 Å². The van der Waals surface area contributed by atoms with Gasteiger partial charge in [0.25, 0.3) is 0 Å². The molecule has 0 unspecified atom stereocenters. The van der Waals surface area contributed by atoms with Gasteiger partial charge in [-0.25, -0.2) is 4.98 Å². The van der Waals surface area contributed by atoms with E-state index in [1.54, 1.807) is 0 Å². The van der Waals surface area contributed by atoms with Crippen LogP contribution in [0.3, 0.4) is 0 Å². The van der Waals surface area contributed by atoms with Gasteiger partial charge in [-0.1, -0.05) is 37.5 Å². The molecule has 0 bridgehead atoms. The Hall–Kier alpha value is -2.10. The standard InChI is InChI=1S/C25H33N3O/c1-19-16-23(26-22-11-6-5-10-21(19)22)28-15-13-25(18-28)12-7-14-27(24(25)29)17-20-8-3-2-4-9-20/h5-6,10-11,16,20H,2-4,7-9,12-15,17-18H2,1H3/t25-/m0/s1. The molecule has 2 aromatic rings. The van der Waals surface area contributed by atoms with Crippen molar-refractivity contribution in [2.24, 2.45) is 11.3 Å². The second-order valence-corrected chi connectivity index (χ2v) is 9.63. The van der Waals surface area contributed by atoms with Gasteiger partial charge in [0, 0.05) is 31.6 Å². The molecule has 4 nitrogen and oxygen atoms in total. The van der Waals surface area contributed by atoms with E-state index in [0.29, 0.717) is 5.91 Å². The summed E-state index contributed by atoms with van der Waals surface area (Å²) < 4.78 is 0. The van der Waals surface area contributed by atoms with E-state index in [-0.39, 0.29) is 5.41 Å². The summed E-state index contributed by atoms with van der Waals surface area (Å²) in [5.74, 6) is 2.19. The first-order valence-corrected chi connectivity index (χ1v) is 11.6. The Balaban J connectivity index is 1.34. The Bertz CT molecular complexity index is 904. The van der Waals surface area contributed by atoms with Crippen LogP contribution < -0.4 is 4.90 Å². The minimum absolute atomic E-state index is 0.186. The highest BCUT2D eigenvalue weighted by Gasteiger charge is 2.48. The summed E-state index contributed by atoms with van der Waals surface area (Å²) in [5.41, 5.74) is 2.13. The van der Waals surface area contributed by atoms with Gasteiger partial charge in [0.2, 0.25) is 5.91 Å². The van der Waals surface area contributed by atoms with Gasteiger partial charge in [-0.3, -0.25) is 4.79 Å². The Morgan fingerprint density at radius 3 is 2.76 bits per heavy atom. The molecule has 1 saturated carbocycles. The summed E-state index contributed by atoms with van der Waals surface area (Å²) >= 11 is 0. The molecule has 5 rings (SSSR count). The Kier molecular flexibility index (Phi) is 4.97. The summed E-state index contributed by atoms with van der Waals surface area (Å²) in [4.78, 5) is 23.1. The van der Waals surface area contributed by atoms with Crippen LogP contribution >= 0.6 is 0 Å². The average molecular weight is 392 g/mol. The van der Waals surface area contributed by atoms with Crippen molar-refractivity contribution in [3.8, 4) is 0 Å². The summed E-state index contributed by atoms with van der Waals surface area (Å²) in [6.45, 7) is 5.89. The van der Waals surface area contributed by atoms with Crippen molar-refractivity contribution < 1.29 is 4.79 Å². The van der Waals surface area contributed by atoms with Crippen molar-refractivity contribution in [1.82, 2.24) is 9.88 Å². The fraction of sp³-hybridized carbons (Fsp3) is 0.600. The molecule has 3 heterocycles. The minimum Gasteiger partial charge on any atom is -0.355 e. The van der Waals surface area contributed by atoms with E-state index in [4.69, 9.17) is 4.98 Å². The lowest BCUT2D eigenvalue weighted by Crippen LogP contribution is -2.51. The van der Waals surface area contributed by atoms with Gasteiger partial charge in [-0.15, -0.1) is 0 Å². The van der Waals surface area contributed by atoms with Crippen LogP contribution in [0.15, 0.2) is 30.3 Å². The number of amides is 1. The van der Waals surface area contributed by atoms with Crippen LogP contribution in [0.5, 0.6) is 0 Å². The predicted octanol–water partition coefficient (Wildman–Crippen LogP) is 4.94. The third kappa shape index (κ3) is 3.51. The number of nitrogens with zero attached hydrogens (tertiary/aromatic N) is 3. The highest BCUT2D eigenvalue weighted by atomic mass is 16.2. The van der Waals surface area contributed by atoms with E-state index in [9.17, 15) is 4.79 Å². The number of carbonyl (C=O) groups excluding carboxylic acids is 1. The van der Waals surface area contributed by atoms with Crippen LogP contribution in [-0.2, 0) is 4.79 Å². The molecule has 1 atom stereocenters. The molecule has 4 heteroatoms. The summed E-state index contributed by atoms with van der Waals surface area (Å²) in [6.07, 6.45) is 9.85. The van der Waals surface area contributed by atoms with E-state index in [1.807, 2.05) is 0 Å². The molecule has 1 amide bonds. The van der Waals surface area contributed by atoms with Crippen LogP contribution in [0, 0.1) is 18.3 Å². The fourth-order valence-electron chi connectivity index (χ4n) is 5.95. The van der Waals surface area contributed by atoms with E-state index in [1.165, 1.54) is 43.1 Å². The number of fused-ring (bicyclic) bond motifs is 1.